The van der Waals surface area contributed by atoms with Gasteiger partial charge in [0.2, 0.25) is 0 Å². The van der Waals surface area contributed by atoms with Gasteiger partial charge in [-0.15, -0.1) is 0 Å². The summed E-state index contributed by atoms with van der Waals surface area (Å²) < 4.78 is 13.4. The number of guanidine groups is 1. The molecule has 4 rings (SSSR count). The molecule has 2 unspecified atom stereocenters. The molecule has 8 heteroatoms. The van der Waals surface area contributed by atoms with E-state index in [1.54, 1.807) is 0 Å². The van der Waals surface area contributed by atoms with Crippen molar-refractivity contribution in [2.45, 2.75) is 12.1 Å². The van der Waals surface area contributed by atoms with E-state index >= 15 is 0 Å². The van der Waals surface area contributed by atoms with E-state index < -0.39 is 0 Å². The summed E-state index contributed by atoms with van der Waals surface area (Å²) in [4.78, 5) is 9.34. The van der Waals surface area contributed by atoms with Gasteiger partial charge in [-0.05, 0) is 5.56 Å². The summed E-state index contributed by atoms with van der Waals surface area (Å²) in [5.41, 5.74) is 2.42. The van der Waals surface area contributed by atoms with E-state index in [4.69, 9.17) is 9.47 Å². The molecular weight excluding hydrogens is 380 g/mol. The molecule has 2 saturated heterocycles. The Balaban J connectivity index is 1.42. The van der Waals surface area contributed by atoms with Gasteiger partial charge in [-0.1, -0.05) is 30.3 Å². The molecule has 0 spiro atoms. The lowest BCUT2D eigenvalue weighted by Gasteiger charge is -2.38. The predicted molar refractivity (Wildman–Crippen MR) is 116 cm³/mol. The van der Waals surface area contributed by atoms with Gasteiger partial charge in [0.1, 0.15) is 6.10 Å². The zero-order valence-corrected chi connectivity index (χ0v) is 17.9. The fourth-order valence-corrected chi connectivity index (χ4v) is 4.19. The van der Waals surface area contributed by atoms with Crippen LogP contribution in [0.3, 0.4) is 0 Å². The number of aryl methyl sites for hydroxylation is 1. The van der Waals surface area contributed by atoms with Crippen LogP contribution in [0.2, 0.25) is 0 Å². The van der Waals surface area contributed by atoms with Crippen molar-refractivity contribution in [1.82, 2.24) is 24.9 Å². The van der Waals surface area contributed by atoms with Gasteiger partial charge in [0.25, 0.3) is 0 Å². The molecule has 1 aromatic carbocycles. The van der Waals surface area contributed by atoms with Gasteiger partial charge in [0, 0.05) is 52.0 Å². The Kier molecular flexibility index (Phi) is 6.99. The van der Waals surface area contributed by atoms with Crippen LogP contribution in [0.4, 0.5) is 0 Å². The van der Waals surface area contributed by atoms with Crippen molar-refractivity contribution in [3.63, 3.8) is 0 Å². The van der Waals surface area contributed by atoms with Crippen LogP contribution in [0.15, 0.2) is 47.7 Å². The number of rotatable bonds is 5. The number of morpholine rings is 2. The first-order chi connectivity index (χ1) is 14.7. The fourth-order valence-electron chi connectivity index (χ4n) is 4.19. The number of hydrogen-bond donors (Lipinski definition) is 1. The van der Waals surface area contributed by atoms with E-state index in [1.807, 2.05) is 31.2 Å². The zero-order chi connectivity index (χ0) is 20.8. The van der Waals surface area contributed by atoms with E-state index in [0.717, 1.165) is 57.5 Å². The van der Waals surface area contributed by atoms with Crippen LogP contribution in [-0.2, 0) is 16.5 Å². The monoisotopic (exact) mass is 412 g/mol. The van der Waals surface area contributed by atoms with Crippen LogP contribution in [0.25, 0.3) is 0 Å². The van der Waals surface area contributed by atoms with Gasteiger partial charge in [0.15, 0.2) is 5.96 Å². The topological polar surface area (TPSA) is 67.2 Å². The lowest BCUT2D eigenvalue weighted by atomic mass is 10.0. The molecule has 0 amide bonds. The van der Waals surface area contributed by atoms with E-state index in [0.29, 0.717) is 6.61 Å². The molecule has 1 aromatic heterocycles. The van der Waals surface area contributed by atoms with Crippen LogP contribution in [0.5, 0.6) is 0 Å². The summed E-state index contributed by atoms with van der Waals surface area (Å²) in [6, 6.07) is 11.0. The second-order valence-electron chi connectivity index (χ2n) is 7.76. The maximum absolute atomic E-state index is 5.99. The summed E-state index contributed by atoms with van der Waals surface area (Å²) in [7, 11) is 3.78. The normalized spacial score (nSPS) is 22.1. The number of benzene rings is 1. The molecule has 162 valence electrons. The van der Waals surface area contributed by atoms with Crippen molar-refractivity contribution in [2.75, 3.05) is 59.6 Å². The highest BCUT2D eigenvalue weighted by Gasteiger charge is 2.27. The number of nitrogens with zero attached hydrogens (tertiary/aromatic N) is 5. The van der Waals surface area contributed by atoms with Gasteiger partial charge in [-0.3, -0.25) is 14.6 Å². The molecule has 2 aliphatic heterocycles. The highest BCUT2D eigenvalue weighted by atomic mass is 16.5. The predicted octanol–water partition coefficient (Wildman–Crippen LogP) is 1.44. The van der Waals surface area contributed by atoms with Gasteiger partial charge >= 0.3 is 0 Å². The SMILES string of the molecule is CN=C(NCC(c1ccccc1)N1CCOCC1)N1CCOC(c2cnn(C)c2)C1. The Bertz CT molecular complexity index is 818. The van der Waals surface area contributed by atoms with Gasteiger partial charge < -0.3 is 19.7 Å². The maximum atomic E-state index is 5.99. The van der Waals surface area contributed by atoms with Crippen LogP contribution < -0.4 is 5.32 Å². The smallest absolute Gasteiger partial charge is 0.193 e. The third-order valence-electron chi connectivity index (χ3n) is 5.80. The molecule has 3 heterocycles. The van der Waals surface area contributed by atoms with Gasteiger partial charge in [0.05, 0.1) is 38.6 Å². The highest BCUT2D eigenvalue weighted by molar-refractivity contribution is 5.80. The van der Waals surface area contributed by atoms with E-state index in [1.165, 1.54) is 5.56 Å². The van der Waals surface area contributed by atoms with Crippen molar-refractivity contribution in [3.05, 3.63) is 53.9 Å². The number of nitrogens with one attached hydrogen (secondary N) is 1. The first-order valence-corrected chi connectivity index (χ1v) is 10.7. The highest BCUT2D eigenvalue weighted by Crippen LogP contribution is 2.23. The molecule has 30 heavy (non-hydrogen) atoms. The number of aliphatic imine (C=N–C) groups is 1. The van der Waals surface area contributed by atoms with Crippen LogP contribution in [0.1, 0.15) is 23.3 Å². The number of ether oxygens (including phenoxy) is 2. The minimum atomic E-state index is 0.00941. The number of aromatic nitrogens is 2. The lowest BCUT2D eigenvalue weighted by molar-refractivity contribution is -0.00853. The van der Waals surface area contributed by atoms with Crippen LogP contribution in [-0.4, -0.2) is 85.1 Å². The summed E-state index contributed by atoms with van der Waals surface area (Å²) in [6.45, 7) is 6.52. The molecule has 0 aliphatic carbocycles. The third-order valence-corrected chi connectivity index (χ3v) is 5.80. The minimum absolute atomic E-state index is 0.00941. The second kappa shape index (κ2) is 10.1. The molecule has 0 bridgehead atoms. The Morgan fingerprint density at radius 3 is 2.70 bits per heavy atom. The minimum Gasteiger partial charge on any atom is -0.379 e. The van der Waals surface area contributed by atoms with Crippen LogP contribution in [0, 0.1) is 0 Å². The van der Waals surface area contributed by atoms with Crippen molar-refractivity contribution in [3.8, 4) is 0 Å². The van der Waals surface area contributed by atoms with Crippen LogP contribution >= 0.6 is 0 Å². The van der Waals surface area contributed by atoms with Crippen molar-refractivity contribution >= 4 is 5.96 Å². The maximum Gasteiger partial charge on any atom is 0.193 e. The molecule has 2 atom stereocenters. The van der Waals surface area contributed by atoms with Crippen molar-refractivity contribution < 1.29 is 9.47 Å². The average molecular weight is 413 g/mol. The second-order valence-corrected chi connectivity index (χ2v) is 7.76. The third kappa shape index (κ3) is 5.00. The molecule has 0 radical (unpaired) electrons. The van der Waals surface area contributed by atoms with Crippen molar-refractivity contribution in [2.24, 2.45) is 12.0 Å². The van der Waals surface area contributed by atoms with E-state index in [9.17, 15) is 0 Å². The fraction of sp³-hybridized carbons (Fsp3) is 0.545. The molecule has 8 nitrogen and oxygen atoms in total. The largest absolute Gasteiger partial charge is 0.379 e. The van der Waals surface area contributed by atoms with Gasteiger partial charge in [-0.25, -0.2) is 0 Å². The zero-order valence-electron chi connectivity index (χ0n) is 17.9. The Labute approximate surface area is 178 Å². The Morgan fingerprint density at radius 1 is 1.20 bits per heavy atom. The molecule has 2 fully saturated rings. The summed E-state index contributed by atoms with van der Waals surface area (Å²) in [5.74, 6) is 0.918. The lowest BCUT2D eigenvalue weighted by Crippen LogP contribution is -2.50. The Morgan fingerprint density at radius 2 is 2.00 bits per heavy atom. The van der Waals surface area contributed by atoms with E-state index in [-0.39, 0.29) is 12.1 Å². The van der Waals surface area contributed by atoms with Crippen molar-refractivity contribution in [1.29, 1.82) is 0 Å². The summed E-state index contributed by atoms with van der Waals surface area (Å²) in [6.07, 6.45) is 3.91. The molecule has 0 saturated carbocycles. The quantitative estimate of drug-likeness (QED) is 0.592. The molecule has 2 aromatic rings. The van der Waals surface area contributed by atoms with Gasteiger partial charge in [-0.2, -0.15) is 5.10 Å². The first-order valence-electron chi connectivity index (χ1n) is 10.7. The summed E-state index contributed by atoms with van der Waals surface area (Å²) >= 11 is 0. The average Bonchev–Trinajstić information content (AvgIpc) is 3.24. The molecular formula is C22H32N6O2. The molecule has 2 aliphatic rings. The number of hydrogen-bond acceptors (Lipinski definition) is 5. The Hall–Kier alpha value is -2.42. The first kappa shape index (κ1) is 20.8. The summed E-state index contributed by atoms with van der Waals surface area (Å²) in [5, 5.41) is 7.91. The molecule has 1 N–H and O–H groups in total. The standard InChI is InChI=1S/C22H32N6O2/c1-23-22(28-10-13-30-21(17-28)19-14-25-26(2)16-19)24-15-20(18-6-4-3-5-7-18)27-8-11-29-12-9-27/h3-7,14,16,20-21H,8-13,15,17H2,1-2H3,(H,23,24). The van der Waals surface area contributed by atoms with E-state index in [2.05, 4.69) is 55.5 Å².